The Kier molecular flexibility index (Phi) is 4.79. The number of nitrogens with one attached hydrogen (secondary N) is 1. The van der Waals surface area contributed by atoms with Crippen LogP contribution in [0, 0.1) is 17.0 Å². The van der Waals surface area contributed by atoms with E-state index in [1.54, 1.807) is 24.3 Å². The highest BCUT2D eigenvalue weighted by atomic mass is 16.6. The fraction of sp³-hybridized carbons (Fsp3) is 0.130. The minimum absolute atomic E-state index is 0.0270. The average molecular weight is 401 g/mol. The second-order valence-electron chi connectivity index (χ2n) is 7.13. The number of nitro groups is 1. The molecule has 0 radical (unpaired) electrons. The Labute approximate surface area is 173 Å². The highest BCUT2D eigenvalue weighted by molar-refractivity contribution is 6.35. The van der Waals surface area contributed by atoms with Crippen LogP contribution in [0.15, 0.2) is 60.7 Å². The minimum Gasteiger partial charge on any atom is -0.350 e. The minimum atomic E-state index is -0.569. The molecule has 1 heterocycles. The molecule has 0 saturated carbocycles. The maximum Gasteiger partial charge on any atom is 0.293 e. The normalized spacial score (nSPS) is 12.8. The lowest BCUT2D eigenvalue weighted by Gasteiger charge is -2.13. The highest BCUT2D eigenvalue weighted by Gasteiger charge is 2.39. The zero-order chi connectivity index (χ0) is 21.4. The number of carbonyl (C=O) groups is 2. The van der Waals surface area contributed by atoms with E-state index in [-0.39, 0.29) is 22.5 Å². The number of amides is 2. The number of rotatable bonds is 5. The topological polar surface area (TPSA) is 92.6 Å². The molecule has 0 spiro atoms. The molecule has 4 rings (SSSR count). The monoisotopic (exact) mass is 401 g/mol. The molecule has 1 N–H and O–H groups in total. The third kappa shape index (κ3) is 3.30. The number of benzene rings is 3. The van der Waals surface area contributed by atoms with Crippen LogP contribution in [0.25, 0.3) is 0 Å². The molecule has 3 aromatic carbocycles. The Balaban J connectivity index is 1.75. The summed E-state index contributed by atoms with van der Waals surface area (Å²) < 4.78 is 0. The summed E-state index contributed by atoms with van der Waals surface area (Å²) in [5, 5.41) is 14.7. The van der Waals surface area contributed by atoms with Crippen LogP contribution in [-0.2, 0) is 6.42 Å². The molecule has 7 heteroatoms. The van der Waals surface area contributed by atoms with Gasteiger partial charge in [-0.2, -0.15) is 0 Å². The van der Waals surface area contributed by atoms with Crippen molar-refractivity contribution in [1.82, 2.24) is 0 Å². The quantitative estimate of drug-likeness (QED) is 0.369. The number of nitrogens with zero attached hydrogens (tertiary/aromatic N) is 2. The summed E-state index contributed by atoms with van der Waals surface area (Å²) in [6.07, 6.45) is 0.880. The Hall–Kier alpha value is -4.00. The van der Waals surface area contributed by atoms with Crippen molar-refractivity contribution in [1.29, 1.82) is 0 Å². The zero-order valence-corrected chi connectivity index (χ0v) is 16.5. The van der Waals surface area contributed by atoms with Crippen LogP contribution in [0.5, 0.6) is 0 Å². The molecule has 7 nitrogen and oxygen atoms in total. The molecular formula is C23H19N3O4. The van der Waals surface area contributed by atoms with Crippen molar-refractivity contribution in [3.8, 4) is 0 Å². The first-order chi connectivity index (χ1) is 14.4. The van der Waals surface area contributed by atoms with Crippen LogP contribution >= 0.6 is 0 Å². The first-order valence-electron chi connectivity index (χ1n) is 9.53. The SMILES string of the molecule is CCc1ccc(Nc2cc3c(cc2[N+](=O)[O-])C(=O)N(c2ccc(C)cc2)C3=O)cc1. The van der Waals surface area contributed by atoms with Crippen LogP contribution in [0.4, 0.5) is 22.7 Å². The van der Waals surface area contributed by atoms with E-state index in [2.05, 4.69) is 5.32 Å². The lowest BCUT2D eigenvalue weighted by Crippen LogP contribution is -2.29. The molecule has 150 valence electrons. The third-order valence-corrected chi connectivity index (χ3v) is 5.13. The molecule has 0 saturated heterocycles. The van der Waals surface area contributed by atoms with Crippen molar-refractivity contribution in [2.24, 2.45) is 0 Å². The smallest absolute Gasteiger partial charge is 0.293 e. The first-order valence-corrected chi connectivity index (χ1v) is 9.53. The van der Waals surface area contributed by atoms with Gasteiger partial charge < -0.3 is 5.32 Å². The van der Waals surface area contributed by atoms with E-state index in [0.29, 0.717) is 11.4 Å². The maximum absolute atomic E-state index is 13.0. The summed E-state index contributed by atoms with van der Waals surface area (Å²) >= 11 is 0. The Morgan fingerprint density at radius 2 is 1.53 bits per heavy atom. The number of carbonyl (C=O) groups excluding carboxylic acids is 2. The Morgan fingerprint density at radius 1 is 0.933 bits per heavy atom. The van der Waals surface area contributed by atoms with Gasteiger partial charge in [0.05, 0.1) is 21.7 Å². The maximum atomic E-state index is 13.0. The van der Waals surface area contributed by atoms with Crippen LogP contribution in [-0.4, -0.2) is 16.7 Å². The van der Waals surface area contributed by atoms with Crippen LogP contribution in [0.1, 0.15) is 38.8 Å². The van der Waals surface area contributed by atoms with Crippen LogP contribution < -0.4 is 10.2 Å². The van der Waals surface area contributed by atoms with Gasteiger partial charge >= 0.3 is 0 Å². The fourth-order valence-electron chi connectivity index (χ4n) is 3.43. The lowest BCUT2D eigenvalue weighted by atomic mass is 10.1. The van der Waals surface area contributed by atoms with Crippen molar-refractivity contribution in [2.75, 3.05) is 10.2 Å². The molecule has 3 aromatic rings. The average Bonchev–Trinajstić information content (AvgIpc) is 2.98. The number of hydrogen-bond acceptors (Lipinski definition) is 5. The Morgan fingerprint density at radius 3 is 2.10 bits per heavy atom. The molecule has 1 aliphatic heterocycles. The van der Waals surface area contributed by atoms with Gasteiger partial charge in [0.2, 0.25) is 0 Å². The van der Waals surface area contributed by atoms with E-state index in [4.69, 9.17) is 0 Å². The van der Waals surface area contributed by atoms with Crippen molar-refractivity contribution >= 4 is 34.6 Å². The standard InChI is InChI=1S/C23H19N3O4/c1-3-15-6-8-16(9-7-15)24-20-12-18-19(13-21(20)26(29)30)23(28)25(22(18)27)17-10-4-14(2)5-11-17/h4-13,24H,3H2,1-2H3. The Bertz CT molecular complexity index is 1170. The van der Waals surface area contributed by atoms with E-state index in [1.165, 1.54) is 12.1 Å². The van der Waals surface area contributed by atoms with E-state index in [1.807, 2.05) is 38.1 Å². The van der Waals surface area contributed by atoms with Crippen molar-refractivity contribution < 1.29 is 14.5 Å². The summed E-state index contributed by atoms with van der Waals surface area (Å²) in [4.78, 5) is 38.0. The van der Waals surface area contributed by atoms with Gasteiger partial charge in [0.15, 0.2) is 0 Å². The fourth-order valence-corrected chi connectivity index (χ4v) is 3.43. The van der Waals surface area contributed by atoms with E-state index in [0.717, 1.165) is 22.4 Å². The number of imide groups is 1. The molecule has 0 bridgehead atoms. The summed E-state index contributed by atoms with van der Waals surface area (Å²) in [6.45, 7) is 3.94. The molecule has 1 aliphatic rings. The molecule has 2 amide bonds. The molecule has 0 fully saturated rings. The predicted molar refractivity (Wildman–Crippen MR) is 115 cm³/mol. The van der Waals surface area contributed by atoms with Gasteiger partial charge in [0.25, 0.3) is 17.5 Å². The van der Waals surface area contributed by atoms with E-state index in [9.17, 15) is 19.7 Å². The van der Waals surface area contributed by atoms with Gasteiger partial charge in [-0.1, -0.05) is 36.8 Å². The number of anilines is 3. The number of aryl methyl sites for hydroxylation is 2. The predicted octanol–water partition coefficient (Wildman–Crippen LogP) is 5.01. The van der Waals surface area contributed by atoms with Gasteiger partial charge in [-0.15, -0.1) is 0 Å². The summed E-state index contributed by atoms with van der Waals surface area (Å²) in [5.74, 6) is -1.07. The van der Waals surface area contributed by atoms with Crippen molar-refractivity contribution in [3.63, 3.8) is 0 Å². The number of hydrogen-bond donors (Lipinski definition) is 1. The summed E-state index contributed by atoms with van der Waals surface area (Å²) in [5.41, 5.74) is 3.28. The second kappa shape index (κ2) is 7.44. The van der Waals surface area contributed by atoms with Gasteiger partial charge in [0, 0.05) is 11.8 Å². The number of nitro benzene ring substituents is 1. The zero-order valence-electron chi connectivity index (χ0n) is 16.5. The molecule has 0 aliphatic carbocycles. The number of fused-ring (bicyclic) bond motifs is 1. The van der Waals surface area contributed by atoms with Gasteiger partial charge in [-0.05, 0) is 49.2 Å². The molecular weight excluding hydrogens is 382 g/mol. The summed E-state index contributed by atoms with van der Waals surface area (Å²) in [7, 11) is 0. The largest absolute Gasteiger partial charge is 0.350 e. The molecule has 0 aromatic heterocycles. The van der Waals surface area contributed by atoms with Gasteiger partial charge in [0.1, 0.15) is 5.69 Å². The van der Waals surface area contributed by atoms with Gasteiger partial charge in [-0.3, -0.25) is 19.7 Å². The van der Waals surface area contributed by atoms with Crippen LogP contribution in [0.2, 0.25) is 0 Å². The molecule has 0 atom stereocenters. The summed E-state index contributed by atoms with van der Waals surface area (Å²) in [6, 6.07) is 17.0. The van der Waals surface area contributed by atoms with Crippen LogP contribution in [0.3, 0.4) is 0 Å². The highest BCUT2D eigenvalue weighted by Crippen LogP contribution is 2.36. The molecule has 0 unspecified atom stereocenters. The third-order valence-electron chi connectivity index (χ3n) is 5.13. The first kappa shape index (κ1) is 19.3. The van der Waals surface area contributed by atoms with Crippen molar-refractivity contribution in [3.05, 3.63) is 93.0 Å². The molecule has 30 heavy (non-hydrogen) atoms. The van der Waals surface area contributed by atoms with Gasteiger partial charge in [-0.25, -0.2) is 4.90 Å². The van der Waals surface area contributed by atoms with E-state index < -0.39 is 16.7 Å². The second-order valence-corrected chi connectivity index (χ2v) is 7.13. The van der Waals surface area contributed by atoms with Crippen molar-refractivity contribution in [2.45, 2.75) is 20.3 Å². The lowest BCUT2D eigenvalue weighted by molar-refractivity contribution is -0.383. The van der Waals surface area contributed by atoms with E-state index >= 15 is 0 Å².